The van der Waals surface area contributed by atoms with Crippen molar-refractivity contribution < 1.29 is 9.59 Å². The number of piperazine rings is 1. The molecule has 0 aliphatic carbocycles. The highest BCUT2D eigenvalue weighted by Gasteiger charge is 2.20. The lowest BCUT2D eigenvalue weighted by molar-refractivity contribution is -0.133. The fraction of sp³-hybridized carbons (Fsp3) is 0.500. The van der Waals surface area contributed by atoms with Crippen molar-refractivity contribution in [3.63, 3.8) is 0 Å². The standard InChI is InChI=1S/C16H23N3O2/c1-13(2)14-5-3-4-6-15(14)17-11-16(21)19-9-7-18(12-20)8-10-19/h3-6,12-13,17H,7-11H2,1-2H3. The molecule has 21 heavy (non-hydrogen) atoms. The molecule has 1 N–H and O–H groups in total. The molecule has 2 amide bonds. The molecule has 1 heterocycles. The molecule has 0 saturated carbocycles. The number of nitrogens with one attached hydrogen (secondary N) is 1. The second-order valence-corrected chi connectivity index (χ2v) is 5.62. The van der Waals surface area contributed by atoms with Crippen molar-refractivity contribution in [3.8, 4) is 0 Å². The first-order chi connectivity index (χ1) is 10.1. The van der Waals surface area contributed by atoms with Gasteiger partial charge in [-0.3, -0.25) is 9.59 Å². The van der Waals surface area contributed by atoms with Crippen molar-refractivity contribution in [2.75, 3.05) is 38.0 Å². The molecule has 1 aromatic rings. The Morgan fingerprint density at radius 1 is 1.24 bits per heavy atom. The molecule has 1 aromatic carbocycles. The molecule has 1 saturated heterocycles. The first kappa shape index (κ1) is 15.4. The summed E-state index contributed by atoms with van der Waals surface area (Å²) in [5, 5.41) is 3.24. The highest BCUT2D eigenvalue weighted by Crippen LogP contribution is 2.23. The zero-order chi connectivity index (χ0) is 15.2. The van der Waals surface area contributed by atoms with Crippen molar-refractivity contribution >= 4 is 18.0 Å². The Morgan fingerprint density at radius 3 is 2.52 bits per heavy atom. The molecule has 1 aliphatic rings. The summed E-state index contributed by atoms with van der Waals surface area (Å²) in [4.78, 5) is 26.4. The van der Waals surface area contributed by atoms with Gasteiger partial charge in [0.1, 0.15) is 0 Å². The van der Waals surface area contributed by atoms with Crippen LogP contribution in [0, 0.1) is 0 Å². The molecule has 5 nitrogen and oxygen atoms in total. The summed E-state index contributed by atoms with van der Waals surface area (Å²) in [6.07, 6.45) is 0.846. The number of carbonyl (C=O) groups excluding carboxylic acids is 2. The van der Waals surface area contributed by atoms with Crippen LogP contribution in [0.2, 0.25) is 0 Å². The maximum Gasteiger partial charge on any atom is 0.241 e. The summed E-state index contributed by atoms with van der Waals surface area (Å²) in [6, 6.07) is 8.08. The van der Waals surface area contributed by atoms with E-state index in [9.17, 15) is 9.59 Å². The van der Waals surface area contributed by atoms with E-state index in [1.807, 2.05) is 23.1 Å². The van der Waals surface area contributed by atoms with Crippen LogP contribution in [0.4, 0.5) is 5.69 Å². The van der Waals surface area contributed by atoms with E-state index in [0.717, 1.165) is 12.1 Å². The van der Waals surface area contributed by atoms with E-state index in [-0.39, 0.29) is 5.91 Å². The molecule has 1 aliphatic heterocycles. The third-order valence-electron chi connectivity index (χ3n) is 3.83. The zero-order valence-corrected chi connectivity index (χ0v) is 12.7. The number of hydrogen-bond donors (Lipinski definition) is 1. The Bertz CT molecular complexity index is 494. The van der Waals surface area contributed by atoms with Crippen molar-refractivity contribution in [1.82, 2.24) is 9.80 Å². The maximum absolute atomic E-state index is 12.2. The molecule has 0 unspecified atom stereocenters. The zero-order valence-electron chi connectivity index (χ0n) is 12.7. The fourth-order valence-electron chi connectivity index (χ4n) is 2.52. The Labute approximate surface area is 125 Å². The normalized spacial score (nSPS) is 15.2. The number of anilines is 1. The molecular weight excluding hydrogens is 266 g/mol. The van der Waals surface area contributed by atoms with Crippen LogP contribution in [0.1, 0.15) is 25.3 Å². The second kappa shape index (κ2) is 7.11. The van der Waals surface area contributed by atoms with Gasteiger partial charge in [-0.25, -0.2) is 0 Å². The molecule has 114 valence electrons. The molecule has 2 rings (SSSR count). The third-order valence-corrected chi connectivity index (χ3v) is 3.83. The lowest BCUT2D eigenvalue weighted by Crippen LogP contribution is -2.49. The number of hydrogen-bond acceptors (Lipinski definition) is 3. The van der Waals surface area contributed by atoms with E-state index in [4.69, 9.17) is 0 Å². The second-order valence-electron chi connectivity index (χ2n) is 5.62. The number of para-hydroxylation sites is 1. The van der Waals surface area contributed by atoms with Gasteiger partial charge in [-0.15, -0.1) is 0 Å². The quantitative estimate of drug-likeness (QED) is 0.836. The summed E-state index contributed by atoms with van der Waals surface area (Å²) >= 11 is 0. The summed E-state index contributed by atoms with van der Waals surface area (Å²) in [5.74, 6) is 0.499. The summed E-state index contributed by atoms with van der Waals surface area (Å²) < 4.78 is 0. The van der Waals surface area contributed by atoms with Crippen LogP contribution in [0.5, 0.6) is 0 Å². The lowest BCUT2D eigenvalue weighted by atomic mass is 10.0. The van der Waals surface area contributed by atoms with Crippen molar-refractivity contribution in [2.24, 2.45) is 0 Å². The Hall–Kier alpha value is -2.04. The third kappa shape index (κ3) is 3.97. The number of carbonyl (C=O) groups is 2. The van der Waals surface area contributed by atoms with Crippen molar-refractivity contribution in [1.29, 1.82) is 0 Å². The number of nitrogens with zero attached hydrogens (tertiary/aromatic N) is 2. The molecular formula is C16H23N3O2. The summed E-state index contributed by atoms with van der Waals surface area (Å²) in [6.45, 7) is 7.05. The smallest absolute Gasteiger partial charge is 0.241 e. The van der Waals surface area contributed by atoms with Crippen LogP contribution >= 0.6 is 0 Å². The van der Waals surface area contributed by atoms with E-state index in [2.05, 4.69) is 25.2 Å². The predicted octanol–water partition coefficient (Wildman–Crippen LogP) is 1.52. The van der Waals surface area contributed by atoms with Gasteiger partial charge in [-0.1, -0.05) is 32.0 Å². The van der Waals surface area contributed by atoms with E-state index < -0.39 is 0 Å². The minimum Gasteiger partial charge on any atom is -0.376 e. The van der Waals surface area contributed by atoms with E-state index in [1.54, 1.807) is 4.90 Å². The SMILES string of the molecule is CC(C)c1ccccc1NCC(=O)N1CCN(C=O)CC1. The average molecular weight is 289 g/mol. The Balaban J connectivity index is 1.89. The minimum atomic E-state index is 0.0825. The van der Waals surface area contributed by atoms with Crippen LogP contribution < -0.4 is 5.32 Å². The van der Waals surface area contributed by atoms with Gasteiger partial charge in [-0.2, -0.15) is 0 Å². The van der Waals surface area contributed by atoms with Gasteiger partial charge in [0.25, 0.3) is 0 Å². The largest absolute Gasteiger partial charge is 0.376 e. The molecule has 0 spiro atoms. The van der Waals surface area contributed by atoms with Crippen LogP contribution in [0.15, 0.2) is 24.3 Å². The first-order valence-electron chi connectivity index (χ1n) is 7.41. The van der Waals surface area contributed by atoms with Crippen LogP contribution in [0.3, 0.4) is 0 Å². The van der Waals surface area contributed by atoms with Crippen LogP contribution in [-0.4, -0.2) is 54.8 Å². The summed E-state index contributed by atoms with van der Waals surface area (Å²) in [7, 11) is 0. The summed E-state index contributed by atoms with van der Waals surface area (Å²) in [5.41, 5.74) is 2.24. The van der Waals surface area contributed by atoms with Crippen molar-refractivity contribution in [2.45, 2.75) is 19.8 Å². The van der Waals surface area contributed by atoms with Gasteiger partial charge in [-0.05, 0) is 17.5 Å². The predicted molar refractivity (Wildman–Crippen MR) is 83.2 cm³/mol. The molecule has 0 atom stereocenters. The first-order valence-corrected chi connectivity index (χ1v) is 7.41. The van der Waals surface area contributed by atoms with Crippen LogP contribution in [0.25, 0.3) is 0 Å². The molecule has 1 fully saturated rings. The van der Waals surface area contributed by atoms with Gasteiger partial charge in [0.2, 0.25) is 12.3 Å². The van der Waals surface area contributed by atoms with Gasteiger partial charge >= 0.3 is 0 Å². The highest BCUT2D eigenvalue weighted by atomic mass is 16.2. The van der Waals surface area contributed by atoms with E-state index in [0.29, 0.717) is 38.6 Å². The van der Waals surface area contributed by atoms with Gasteiger partial charge in [0.15, 0.2) is 0 Å². The number of amides is 2. The Morgan fingerprint density at radius 2 is 1.90 bits per heavy atom. The fourth-order valence-corrected chi connectivity index (χ4v) is 2.52. The topological polar surface area (TPSA) is 52.7 Å². The monoisotopic (exact) mass is 289 g/mol. The molecule has 5 heteroatoms. The molecule has 0 bridgehead atoms. The van der Waals surface area contributed by atoms with Crippen LogP contribution in [-0.2, 0) is 9.59 Å². The maximum atomic E-state index is 12.2. The van der Waals surface area contributed by atoms with E-state index >= 15 is 0 Å². The van der Waals surface area contributed by atoms with Gasteiger partial charge in [0.05, 0.1) is 6.54 Å². The van der Waals surface area contributed by atoms with Gasteiger partial charge < -0.3 is 15.1 Å². The average Bonchev–Trinajstić information content (AvgIpc) is 2.52. The lowest BCUT2D eigenvalue weighted by Gasteiger charge is -2.32. The number of rotatable bonds is 5. The number of benzene rings is 1. The van der Waals surface area contributed by atoms with Crippen molar-refractivity contribution in [3.05, 3.63) is 29.8 Å². The molecule has 0 radical (unpaired) electrons. The molecule has 0 aromatic heterocycles. The van der Waals surface area contributed by atoms with E-state index in [1.165, 1.54) is 5.56 Å². The van der Waals surface area contributed by atoms with Gasteiger partial charge in [0, 0.05) is 31.9 Å². The highest BCUT2D eigenvalue weighted by molar-refractivity contribution is 5.81. The Kier molecular flexibility index (Phi) is 5.20. The minimum absolute atomic E-state index is 0.0825.